The number of carbonyl (C=O) groups excluding carboxylic acids is 1. The third kappa shape index (κ3) is 5.43. The molecule has 0 aliphatic heterocycles. The SMILES string of the molecule is O=C(COc1ccccc1)NN=C1CCCCCCC1. The van der Waals surface area contributed by atoms with Gasteiger partial charge in [-0.1, -0.05) is 37.5 Å². The van der Waals surface area contributed by atoms with Crippen LogP contribution in [-0.4, -0.2) is 18.2 Å². The lowest BCUT2D eigenvalue weighted by Crippen LogP contribution is -2.26. The number of para-hydroxylation sites is 1. The lowest BCUT2D eigenvalue weighted by molar-refractivity contribution is -0.123. The molecule has 0 unspecified atom stereocenters. The van der Waals surface area contributed by atoms with Crippen molar-refractivity contribution in [1.82, 2.24) is 5.43 Å². The molecule has 0 heterocycles. The first kappa shape index (κ1) is 14.6. The smallest absolute Gasteiger partial charge is 0.277 e. The van der Waals surface area contributed by atoms with E-state index in [1.165, 1.54) is 32.1 Å². The first-order valence-corrected chi connectivity index (χ1v) is 7.37. The normalized spacial score (nSPS) is 15.9. The number of rotatable bonds is 4. The maximum absolute atomic E-state index is 11.7. The molecule has 0 saturated heterocycles. The van der Waals surface area contributed by atoms with E-state index >= 15 is 0 Å². The molecular weight excluding hydrogens is 252 g/mol. The van der Waals surface area contributed by atoms with E-state index in [0.717, 1.165) is 18.6 Å². The summed E-state index contributed by atoms with van der Waals surface area (Å²) < 4.78 is 5.37. The van der Waals surface area contributed by atoms with Crippen LogP contribution < -0.4 is 10.2 Å². The van der Waals surface area contributed by atoms with Crippen molar-refractivity contribution in [3.8, 4) is 5.75 Å². The van der Waals surface area contributed by atoms with Crippen LogP contribution in [-0.2, 0) is 4.79 Å². The molecule has 1 aromatic carbocycles. The summed E-state index contributed by atoms with van der Waals surface area (Å²) in [5.74, 6) is 0.490. The van der Waals surface area contributed by atoms with Crippen LogP contribution in [0.5, 0.6) is 5.75 Å². The molecule has 0 spiro atoms. The van der Waals surface area contributed by atoms with E-state index in [1.54, 1.807) is 0 Å². The van der Waals surface area contributed by atoms with Crippen LogP contribution in [0.25, 0.3) is 0 Å². The predicted octanol–water partition coefficient (Wildman–Crippen LogP) is 3.28. The Kier molecular flexibility index (Phi) is 6.08. The Morgan fingerprint density at radius 1 is 1.05 bits per heavy atom. The fourth-order valence-corrected chi connectivity index (χ4v) is 2.26. The lowest BCUT2D eigenvalue weighted by atomic mass is 9.99. The van der Waals surface area contributed by atoms with Gasteiger partial charge in [0.15, 0.2) is 6.61 Å². The van der Waals surface area contributed by atoms with Gasteiger partial charge in [0.1, 0.15) is 5.75 Å². The highest BCUT2D eigenvalue weighted by Crippen LogP contribution is 2.14. The molecule has 0 atom stereocenters. The Bertz CT molecular complexity index is 433. The van der Waals surface area contributed by atoms with Crippen molar-refractivity contribution in [3.05, 3.63) is 30.3 Å². The second-order valence-electron chi connectivity index (χ2n) is 5.08. The molecule has 1 fully saturated rings. The summed E-state index contributed by atoms with van der Waals surface area (Å²) in [5.41, 5.74) is 3.70. The summed E-state index contributed by atoms with van der Waals surface area (Å²) >= 11 is 0. The quantitative estimate of drug-likeness (QED) is 0.857. The van der Waals surface area contributed by atoms with Crippen molar-refractivity contribution in [2.24, 2.45) is 5.10 Å². The molecule has 108 valence electrons. The molecule has 1 N–H and O–H groups in total. The van der Waals surface area contributed by atoms with Gasteiger partial charge in [-0.3, -0.25) is 4.79 Å². The lowest BCUT2D eigenvalue weighted by Gasteiger charge is -2.11. The maximum atomic E-state index is 11.7. The van der Waals surface area contributed by atoms with Crippen molar-refractivity contribution >= 4 is 11.6 Å². The first-order valence-electron chi connectivity index (χ1n) is 7.37. The van der Waals surface area contributed by atoms with Gasteiger partial charge in [-0.05, 0) is 37.8 Å². The van der Waals surface area contributed by atoms with Crippen LogP contribution in [0.15, 0.2) is 35.4 Å². The van der Waals surface area contributed by atoms with Crippen LogP contribution >= 0.6 is 0 Å². The molecule has 4 heteroatoms. The highest BCUT2D eigenvalue weighted by atomic mass is 16.5. The molecule has 1 aliphatic carbocycles. The molecular formula is C16H22N2O2. The minimum atomic E-state index is -0.205. The van der Waals surface area contributed by atoms with Crippen molar-refractivity contribution in [2.45, 2.75) is 44.9 Å². The van der Waals surface area contributed by atoms with Gasteiger partial charge < -0.3 is 4.74 Å². The second kappa shape index (κ2) is 8.35. The first-order chi connectivity index (χ1) is 9.84. The van der Waals surface area contributed by atoms with Gasteiger partial charge in [-0.25, -0.2) is 5.43 Å². The Balaban J connectivity index is 1.73. The minimum Gasteiger partial charge on any atom is -0.484 e. The number of nitrogens with one attached hydrogen (secondary N) is 1. The van der Waals surface area contributed by atoms with Crippen molar-refractivity contribution in [2.75, 3.05) is 6.61 Å². The van der Waals surface area contributed by atoms with Crippen molar-refractivity contribution < 1.29 is 9.53 Å². The average Bonchev–Trinajstić information content (AvgIpc) is 2.45. The van der Waals surface area contributed by atoms with Gasteiger partial charge >= 0.3 is 0 Å². The highest BCUT2D eigenvalue weighted by molar-refractivity contribution is 5.86. The Morgan fingerprint density at radius 3 is 2.40 bits per heavy atom. The molecule has 4 nitrogen and oxygen atoms in total. The predicted molar refractivity (Wildman–Crippen MR) is 79.8 cm³/mol. The van der Waals surface area contributed by atoms with Gasteiger partial charge in [0.05, 0.1) is 0 Å². The molecule has 1 aromatic rings. The van der Waals surface area contributed by atoms with Crippen molar-refractivity contribution in [1.29, 1.82) is 0 Å². The van der Waals surface area contributed by atoms with E-state index in [0.29, 0.717) is 5.75 Å². The van der Waals surface area contributed by atoms with Gasteiger partial charge in [0.25, 0.3) is 5.91 Å². The number of hydrazone groups is 1. The summed E-state index contributed by atoms with van der Waals surface area (Å²) in [6, 6.07) is 9.32. The highest BCUT2D eigenvalue weighted by Gasteiger charge is 2.06. The summed E-state index contributed by atoms with van der Waals surface area (Å²) in [6.07, 6.45) is 8.21. The number of ether oxygens (including phenoxy) is 1. The molecule has 0 bridgehead atoms. The third-order valence-electron chi connectivity index (χ3n) is 3.38. The van der Waals surface area contributed by atoms with E-state index < -0.39 is 0 Å². The Morgan fingerprint density at radius 2 is 1.70 bits per heavy atom. The van der Waals surface area contributed by atoms with Crippen LogP contribution in [0.1, 0.15) is 44.9 Å². The van der Waals surface area contributed by atoms with Crippen LogP contribution in [0.3, 0.4) is 0 Å². The number of benzene rings is 1. The second-order valence-corrected chi connectivity index (χ2v) is 5.08. The van der Waals surface area contributed by atoms with Gasteiger partial charge in [-0.15, -0.1) is 0 Å². The number of carbonyl (C=O) groups is 1. The zero-order valence-corrected chi connectivity index (χ0v) is 11.8. The summed E-state index contributed by atoms with van der Waals surface area (Å²) in [4.78, 5) is 11.7. The standard InChI is InChI=1S/C16H22N2O2/c19-16(13-20-15-11-7-4-8-12-15)18-17-14-9-5-2-1-3-6-10-14/h4,7-8,11-12H,1-3,5-6,9-10,13H2,(H,18,19). The third-order valence-corrected chi connectivity index (χ3v) is 3.38. The average molecular weight is 274 g/mol. The fourth-order valence-electron chi connectivity index (χ4n) is 2.26. The molecule has 0 aromatic heterocycles. The Hall–Kier alpha value is -1.84. The zero-order valence-electron chi connectivity index (χ0n) is 11.8. The molecule has 0 radical (unpaired) electrons. The number of hydrogen-bond donors (Lipinski definition) is 1. The van der Waals surface area contributed by atoms with Crippen LogP contribution in [0, 0.1) is 0 Å². The molecule has 2 rings (SSSR count). The molecule has 20 heavy (non-hydrogen) atoms. The van der Waals surface area contributed by atoms with Crippen molar-refractivity contribution in [3.63, 3.8) is 0 Å². The van der Waals surface area contributed by atoms with E-state index in [2.05, 4.69) is 10.5 Å². The van der Waals surface area contributed by atoms with Crippen LogP contribution in [0.2, 0.25) is 0 Å². The Labute approximate surface area is 120 Å². The minimum absolute atomic E-state index is 0.000787. The van der Waals surface area contributed by atoms with Gasteiger partial charge in [0.2, 0.25) is 0 Å². The van der Waals surface area contributed by atoms with Gasteiger partial charge in [-0.2, -0.15) is 5.10 Å². The number of hydrogen-bond acceptors (Lipinski definition) is 3. The van der Waals surface area contributed by atoms with E-state index in [9.17, 15) is 4.79 Å². The van der Waals surface area contributed by atoms with E-state index in [-0.39, 0.29) is 12.5 Å². The van der Waals surface area contributed by atoms with E-state index in [4.69, 9.17) is 4.74 Å². The number of nitrogens with zero attached hydrogens (tertiary/aromatic N) is 1. The molecule has 1 saturated carbocycles. The van der Waals surface area contributed by atoms with E-state index in [1.807, 2.05) is 30.3 Å². The van der Waals surface area contributed by atoms with Crippen LogP contribution in [0.4, 0.5) is 0 Å². The summed E-state index contributed by atoms with van der Waals surface area (Å²) in [6.45, 7) is 0.000787. The summed E-state index contributed by atoms with van der Waals surface area (Å²) in [7, 11) is 0. The fraction of sp³-hybridized carbons (Fsp3) is 0.500. The largest absolute Gasteiger partial charge is 0.484 e. The summed E-state index contributed by atoms with van der Waals surface area (Å²) in [5, 5.41) is 4.23. The zero-order chi connectivity index (χ0) is 14.0. The maximum Gasteiger partial charge on any atom is 0.277 e. The topological polar surface area (TPSA) is 50.7 Å². The molecule has 1 aliphatic rings. The van der Waals surface area contributed by atoms with Gasteiger partial charge in [0, 0.05) is 5.71 Å². The monoisotopic (exact) mass is 274 g/mol. The molecule has 1 amide bonds. The number of amides is 1.